The minimum absolute atomic E-state index is 0.767. The van der Waals surface area contributed by atoms with Crippen molar-refractivity contribution in [2.24, 2.45) is 11.8 Å². The fraction of sp³-hybridized carbons (Fsp3) is 1.00. The van der Waals surface area contributed by atoms with Crippen molar-refractivity contribution in [3.63, 3.8) is 0 Å². The maximum atomic E-state index is 2.67. The molecule has 0 N–H and O–H groups in total. The maximum absolute atomic E-state index is 2.67. The van der Waals surface area contributed by atoms with Crippen molar-refractivity contribution >= 4 is 0 Å². The summed E-state index contributed by atoms with van der Waals surface area (Å²) in [4.78, 5) is 2.67. The zero-order valence-corrected chi connectivity index (χ0v) is 9.84. The number of nitrogens with zero attached hydrogens (tertiary/aromatic N) is 1. The van der Waals surface area contributed by atoms with Crippen molar-refractivity contribution in [1.29, 1.82) is 0 Å². The van der Waals surface area contributed by atoms with Gasteiger partial charge in [0.25, 0.3) is 0 Å². The molecule has 1 atom stereocenters. The van der Waals surface area contributed by atoms with E-state index in [0.29, 0.717) is 0 Å². The number of hydrogen-bond acceptors (Lipinski definition) is 1. The molecular formula is C13H25N. The van der Waals surface area contributed by atoms with Crippen molar-refractivity contribution in [3.8, 4) is 0 Å². The lowest BCUT2D eigenvalue weighted by atomic mass is 9.80. The highest BCUT2D eigenvalue weighted by atomic mass is 15.2. The van der Waals surface area contributed by atoms with Gasteiger partial charge in [0.2, 0.25) is 0 Å². The van der Waals surface area contributed by atoms with E-state index in [-0.39, 0.29) is 0 Å². The molecule has 0 aromatic heterocycles. The summed E-state index contributed by atoms with van der Waals surface area (Å²) in [5.74, 6) is 2.12. The molecule has 1 unspecified atom stereocenters. The summed E-state index contributed by atoms with van der Waals surface area (Å²) in [6.45, 7) is 7.42. The normalized spacial score (nSPS) is 31.5. The van der Waals surface area contributed by atoms with Crippen LogP contribution in [0.2, 0.25) is 0 Å². The molecule has 0 aromatic carbocycles. The molecule has 14 heavy (non-hydrogen) atoms. The van der Waals surface area contributed by atoms with Gasteiger partial charge in [-0.15, -0.1) is 0 Å². The number of hydrogen-bond donors (Lipinski definition) is 0. The standard InChI is InChI=1S/C13H25N/c1-11(2)14-9-8-13(10-14)12-6-4-3-5-7-12/h11-13H,3-10H2,1-2H3. The number of likely N-dealkylation sites (tertiary alicyclic amines) is 1. The summed E-state index contributed by atoms with van der Waals surface area (Å²) >= 11 is 0. The first-order valence-electron chi connectivity index (χ1n) is 6.51. The second kappa shape index (κ2) is 4.65. The van der Waals surface area contributed by atoms with Crippen LogP contribution in [0, 0.1) is 11.8 Å². The van der Waals surface area contributed by atoms with E-state index in [2.05, 4.69) is 18.7 Å². The van der Waals surface area contributed by atoms with E-state index >= 15 is 0 Å². The lowest BCUT2D eigenvalue weighted by molar-refractivity contribution is 0.217. The molecule has 0 bridgehead atoms. The third-order valence-corrected chi connectivity index (χ3v) is 4.30. The Hall–Kier alpha value is -0.0400. The minimum Gasteiger partial charge on any atom is -0.301 e. The van der Waals surface area contributed by atoms with E-state index in [4.69, 9.17) is 0 Å². The highest BCUT2D eigenvalue weighted by Crippen LogP contribution is 2.35. The quantitative estimate of drug-likeness (QED) is 0.653. The van der Waals surface area contributed by atoms with Gasteiger partial charge in [0, 0.05) is 12.6 Å². The Balaban J connectivity index is 1.82. The third-order valence-electron chi connectivity index (χ3n) is 4.30. The molecule has 1 saturated heterocycles. The molecule has 2 aliphatic rings. The van der Waals surface area contributed by atoms with Crippen LogP contribution in [0.4, 0.5) is 0 Å². The molecule has 0 amide bonds. The van der Waals surface area contributed by atoms with E-state index in [0.717, 1.165) is 17.9 Å². The number of rotatable bonds is 2. The molecule has 0 radical (unpaired) electrons. The van der Waals surface area contributed by atoms with Crippen LogP contribution in [0.5, 0.6) is 0 Å². The highest BCUT2D eigenvalue weighted by Gasteiger charge is 2.30. The van der Waals surface area contributed by atoms with Gasteiger partial charge in [-0.2, -0.15) is 0 Å². The molecule has 1 aliphatic carbocycles. The van der Waals surface area contributed by atoms with Gasteiger partial charge in [0.1, 0.15) is 0 Å². The van der Waals surface area contributed by atoms with Crippen molar-refractivity contribution in [2.75, 3.05) is 13.1 Å². The smallest absolute Gasteiger partial charge is 0.00387 e. The van der Waals surface area contributed by atoms with E-state index < -0.39 is 0 Å². The van der Waals surface area contributed by atoms with Crippen molar-refractivity contribution in [3.05, 3.63) is 0 Å². The lowest BCUT2D eigenvalue weighted by Gasteiger charge is -2.28. The molecule has 1 aliphatic heterocycles. The van der Waals surface area contributed by atoms with Crippen LogP contribution in [-0.4, -0.2) is 24.0 Å². The second-order valence-electron chi connectivity index (χ2n) is 5.54. The Bertz CT molecular complexity index is 170. The molecule has 1 saturated carbocycles. The van der Waals surface area contributed by atoms with Crippen LogP contribution < -0.4 is 0 Å². The minimum atomic E-state index is 0.767. The van der Waals surface area contributed by atoms with Gasteiger partial charge in [0.15, 0.2) is 0 Å². The van der Waals surface area contributed by atoms with Gasteiger partial charge in [-0.25, -0.2) is 0 Å². The van der Waals surface area contributed by atoms with E-state index in [1.54, 1.807) is 0 Å². The van der Waals surface area contributed by atoms with Gasteiger partial charge >= 0.3 is 0 Å². The highest BCUT2D eigenvalue weighted by molar-refractivity contribution is 4.83. The van der Waals surface area contributed by atoms with Crippen LogP contribution >= 0.6 is 0 Å². The molecular weight excluding hydrogens is 170 g/mol. The molecule has 1 heteroatoms. The first-order chi connectivity index (χ1) is 6.77. The first kappa shape index (κ1) is 10.5. The van der Waals surface area contributed by atoms with Gasteiger partial charge in [-0.3, -0.25) is 0 Å². The molecule has 82 valence electrons. The van der Waals surface area contributed by atoms with E-state index in [1.807, 2.05) is 0 Å². The average Bonchev–Trinajstić information content (AvgIpc) is 2.68. The molecule has 0 spiro atoms. The third kappa shape index (κ3) is 2.31. The molecule has 1 heterocycles. The summed E-state index contributed by atoms with van der Waals surface area (Å²) in [5.41, 5.74) is 0. The Morgan fingerprint density at radius 2 is 1.64 bits per heavy atom. The average molecular weight is 195 g/mol. The first-order valence-corrected chi connectivity index (χ1v) is 6.51. The predicted molar refractivity (Wildman–Crippen MR) is 61.4 cm³/mol. The fourth-order valence-corrected chi connectivity index (χ4v) is 3.27. The van der Waals surface area contributed by atoms with Crippen LogP contribution in [-0.2, 0) is 0 Å². The SMILES string of the molecule is CC(C)N1CCC(C2CCCCC2)C1. The largest absolute Gasteiger partial charge is 0.301 e. The lowest BCUT2D eigenvalue weighted by Crippen LogP contribution is -2.29. The Morgan fingerprint density at radius 3 is 2.21 bits per heavy atom. The summed E-state index contributed by atoms with van der Waals surface area (Å²) < 4.78 is 0. The summed E-state index contributed by atoms with van der Waals surface area (Å²) in [5, 5.41) is 0. The molecule has 0 aromatic rings. The van der Waals surface area contributed by atoms with Gasteiger partial charge in [-0.05, 0) is 38.6 Å². The Morgan fingerprint density at radius 1 is 0.929 bits per heavy atom. The fourth-order valence-electron chi connectivity index (χ4n) is 3.27. The summed E-state index contributed by atoms with van der Waals surface area (Å²) in [6, 6.07) is 0.767. The van der Waals surface area contributed by atoms with Crippen LogP contribution in [0.3, 0.4) is 0 Å². The van der Waals surface area contributed by atoms with Gasteiger partial charge < -0.3 is 4.90 Å². The van der Waals surface area contributed by atoms with Crippen LogP contribution in [0.25, 0.3) is 0 Å². The molecule has 2 rings (SSSR count). The van der Waals surface area contributed by atoms with E-state index in [9.17, 15) is 0 Å². The predicted octanol–water partition coefficient (Wildman–Crippen LogP) is 3.30. The van der Waals surface area contributed by atoms with E-state index in [1.165, 1.54) is 51.6 Å². The molecule has 2 fully saturated rings. The zero-order valence-electron chi connectivity index (χ0n) is 9.84. The summed E-state index contributed by atoms with van der Waals surface area (Å²) in [6.07, 6.45) is 9.03. The summed E-state index contributed by atoms with van der Waals surface area (Å²) in [7, 11) is 0. The van der Waals surface area contributed by atoms with Crippen molar-refractivity contribution in [2.45, 2.75) is 58.4 Å². The Kier molecular flexibility index (Phi) is 3.48. The molecule has 1 nitrogen and oxygen atoms in total. The van der Waals surface area contributed by atoms with Crippen LogP contribution in [0.1, 0.15) is 52.4 Å². The topological polar surface area (TPSA) is 3.24 Å². The van der Waals surface area contributed by atoms with Gasteiger partial charge in [0.05, 0.1) is 0 Å². The second-order valence-corrected chi connectivity index (χ2v) is 5.54. The maximum Gasteiger partial charge on any atom is 0.00387 e. The van der Waals surface area contributed by atoms with Crippen LogP contribution in [0.15, 0.2) is 0 Å². The monoisotopic (exact) mass is 195 g/mol. The Labute approximate surface area is 88.9 Å². The van der Waals surface area contributed by atoms with Crippen molar-refractivity contribution in [1.82, 2.24) is 4.90 Å². The zero-order chi connectivity index (χ0) is 9.97. The van der Waals surface area contributed by atoms with Crippen molar-refractivity contribution < 1.29 is 0 Å². The van der Waals surface area contributed by atoms with Gasteiger partial charge in [-0.1, -0.05) is 32.1 Å².